The second-order valence-corrected chi connectivity index (χ2v) is 6.62. The summed E-state index contributed by atoms with van der Waals surface area (Å²) in [4.78, 5) is 23.6. The van der Waals surface area contributed by atoms with Crippen LogP contribution in [0, 0.1) is 17.8 Å². The Hall–Kier alpha value is -0.570. The molecule has 4 saturated carbocycles. The normalized spacial score (nSPS) is 44.8. The molecular formula is C13H17ClO3. The van der Waals surface area contributed by atoms with E-state index in [0.717, 1.165) is 32.1 Å². The summed E-state index contributed by atoms with van der Waals surface area (Å²) >= 11 is 5.76. The lowest BCUT2D eigenvalue weighted by Gasteiger charge is -2.54. The first kappa shape index (κ1) is 11.5. The van der Waals surface area contributed by atoms with Gasteiger partial charge in [0, 0.05) is 11.8 Å². The van der Waals surface area contributed by atoms with Gasteiger partial charge < -0.3 is 4.74 Å². The van der Waals surface area contributed by atoms with E-state index in [9.17, 15) is 9.59 Å². The minimum Gasteiger partial charge on any atom is -0.458 e. The van der Waals surface area contributed by atoms with Crippen molar-refractivity contribution in [2.24, 2.45) is 17.8 Å². The second kappa shape index (κ2) is 3.71. The van der Waals surface area contributed by atoms with Gasteiger partial charge in [-0.15, -0.1) is 11.6 Å². The average molecular weight is 257 g/mol. The zero-order valence-corrected chi connectivity index (χ0v) is 10.7. The summed E-state index contributed by atoms with van der Waals surface area (Å²) < 4.78 is 5.64. The Kier molecular flexibility index (Phi) is 2.51. The maximum atomic E-state index is 12.0. The first-order valence-corrected chi connectivity index (χ1v) is 6.83. The highest BCUT2D eigenvalue weighted by Gasteiger charge is 2.57. The molecule has 94 valence electrons. The molecule has 3 nitrogen and oxygen atoms in total. The lowest BCUT2D eigenvalue weighted by molar-refractivity contribution is -0.188. The number of ketones is 1. The molecule has 3 atom stereocenters. The van der Waals surface area contributed by atoms with Gasteiger partial charge in [0.05, 0.1) is 0 Å². The summed E-state index contributed by atoms with van der Waals surface area (Å²) in [6, 6.07) is 0. The van der Waals surface area contributed by atoms with Gasteiger partial charge in [-0.05, 0) is 44.9 Å². The molecule has 4 fully saturated rings. The first-order valence-electron chi connectivity index (χ1n) is 6.40. The van der Waals surface area contributed by atoms with Crippen LogP contribution in [0.15, 0.2) is 0 Å². The minimum absolute atomic E-state index is 0.139. The third kappa shape index (κ3) is 1.79. The number of esters is 1. The van der Waals surface area contributed by atoms with Gasteiger partial charge in [-0.25, -0.2) is 0 Å². The van der Waals surface area contributed by atoms with Crippen molar-refractivity contribution in [3.05, 3.63) is 0 Å². The van der Waals surface area contributed by atoms with Crippen molar-refractivity contribution in [1.29, 1.82) is 0 Å². The molecule has 4 aliphatic rings. The standard InChI is InChI=1S/C13H17ClO3/c1-7(14)12(16)17-13-4-8-2-9(5-13)11(15)10(3-8)6-13/h7-10H,2-6H2,1H3. The van der Waals surface area contributed by atoms with Crippen LogP contribution in [-0.4, -0.2) is 22.7 Å². The van der Waals surface area contributed by atoms with E-state index in [1.54, 1.807) is 6.92 Å². The third-order valence-corrected chi connectivity index (χ3v) is 4.76. The van der Waals surface area contributed by atoms with Crippen LogP contribution in [-0.2, 0) is 14.3 Å². The quantitative estimate of drug-likeness (QED) is 0.563. The molecule has 17 heavy (non-hydrogen) atoms. The van der Waals surface area contributed by atoms with Gasteiger partial charge in [0.15, 0.2) is 0 Å². The van der Waals surface area contributed by atoms with Crippen LogP contribution in [0.1, 0.15) is 39.0 Å². The molecule has 0 aromatic heterocycles. The molecule has 0 heterocycles. The number of halogens is 1. The molecule has 4 rings (SSSR count). The molecule has 4 bridgehead atoms. The number of alkyl halides is 1. The minimum atomic E-state index is -0.598. The predicted molar refractivity (Wildman–Crippen MR) is 62.7 cm³/mol. The van der Waals surface area contributed by atoms with E-state index in [1.165, 1.54) is 0 Å². The van der Waals surface area contributed by atoms with Crippen LogP contribution in [0.25, 0.3) is 0 Å². The molecule has 4 heteroatoms. The van der Waals surface area contributed by atoms with Crippen molar-refractivity contribution in [2.75, 3.05) is 0 Å². The molecule has 4 aliphatic carbocycles. The van der Waals surface area contributed by atoms with E-state index < -0.39 is 5.38 Å². The first-order chi connectivity index (χ1) is 7.99. The highest BCUT2D eigenvalue weighted by atomic mass is 35.5. The Labute approximate surface area is 106 Å². The van der Waals surface area contributed by atoms with Gasteiger partial charge in [0.1, 0.15) is 16.8 Å². The van der Waals surface area contributed by atoms with Crippen LogP contribution in [0.2, 0.25) is 0 Å². The molecule has 0 saturated heterocycles. The Bertz CT molecular complexity index is 359. The van der Waals surface area contributed by atoms with E-state index in [1.807, 2.05) is 0 Å². The lowest BCUT2D eigenvalue weighted by Crippen LogP contribution is -2.57. The van der Waals surface area contributed by atoms with Crippen molar-refractivity contribution < 1.29 is 14.3 Å². The van der Waals surface area contributed by atoms with Crippen LogP contribution >= 0.6 is 11.6 Å². The van der Waals surface area contributed by atoms with Gasteiger partial charge in [-0.1, -0.05) is 0 Å². The molecule has 0 amide bonds. The Morgan fingerprint density at radius 1 is 1.35 bits per heavy atom. The zero-order valence-electron chi connectivity index (χ0n) is 9.95. The van der Waals surface area contributed by atoms with Gasteiger partial charge in [-0.3, -0.25) is 9.59 Å². The molecular weight excluding hydrogens is 240 g/mol. The van der Waals surface area contributed by atoms with Crippen LogP contribution in [0.4, 0.5) is 0 Å². The number of rotatable bonds is 2. The number of carbonyl (C=O) groups excluding carboxylic acids is 2. The molecule has 0 aliphatic heterocycles. The van der Waals surface area contributed by atoms with E-state index in [2.05, 4.69) is 0 Å². The summed E-state index contributed by atoms with van der Waals surface area (Å²) in [6.07, 6.45) is 4.40. The van der Waals surface area contributed by atoms with E-state index in [0.29, 0.717) is 11.7 Å². The Morgan fingerprint density at radius 3 is 2.47 bits per heavy atom. The van der Waals surface area contributed by atoms with Crippen molar-refractivity contribution in [3.63, 3.8) is 0 Å². The zero-order chi connectivity index (χ0) is 12.2. The number of carbonyl (C=O) groups is 2. The third-order valence-electron chi connectivity index (χ3n) is 4.58. The van der Waals surface area contributed by atoms with E-state index >= 15 is 0 Å². The van der Waals surface area contributed by atoms with Crippen LogP contribution in [0.3, 0.4) is 0 Å². The molecule has 0 aromatic carbocycles. The highest BCUT2D eigenvalue weighted by Crippen LogP contribution is 2.55. The monoisotopic (exact) mass is 256 g/mol. The largest absolute Gasteiger partial charge is 0.458 e. The molecule has 0 spiro atoms. The van der Waals surface area contributed by atoms with E-state index in [4.69, 9.17) is 16.3 Å². The van der Waals surface area contributed by atoms with Crippen LogP contribution in [0.5, 0.6) is 0 Å². The fourth-order valence-corrected chi connectivity index (χ4v) is 4.14. The van der Waals surface area contributed by atoms with Gasteiger partial charge in [-0.2, -0.15) is 0 Å². The average Bonchev–Trinajstić information content (AvgIpc) is 2.23. The second-order valence-electron chi connectivity index (χ2n) is 5.97. The summed E-state index contributed by atoms with van der Waals surface area (Å²) in [5.41, 5.74) is -0.370. The topological polar surface area (TPSA) is 43.4 Å². The van der Waals surface area contributed by atoms with E-state index in [-0.39, 0.29) is 23.4 Å². The van der Waals surface area contributed by atoms with Gasteiger partial charge >= 0.3 is 5.97 Å². The molecule has 0 aromatic rings. The van der Waals surface area contributed by atoms with Crippen molar-refractivity contribution in [2.45, 2.75) is 50.0 Å². The van der Waals surface area contributed by atoms with Crippen molar-refractivity contribution in [3.8, 4) is 0 Å². The number of hydrogen-bond donors (Lipinski definition) is 0. The Morgan fingerprint density at radius 2 is 1.94 bits per heavy atom. The summed E-state index contributed by atoms with van der Waals surface area (Å²) in [5, 5.41) is -0.598. The molecule has 0 N–H and O–H groups in total. The number of ether oxygens (including phenoxy) is 1. The van der Waals surface area contributed by atoms with Gasteiger partial charge in [0.25, 0.3) is 0 Å². The van der Waals surface area contributed by atoms with Crippen molar-refractivity contribution >= 4 is 23.4 Å². The molecule has 3 unspecified atom stereocenters. The maximum Gasteiger partial charge on any atom is 0.324 e. The lowest BCUT2D eigenvalue weighted by atomic mass is 9.53. The summed E-state index contributed by atoms with van der Waals surface area (Å²) in [5.74, 6) is 0.926. The number of hydrogen-bond acceptors (Lipinski definition) is 3. The fraction of sp³-hybridized carbons (Fsp3) is 0.846. The SMILES string of the molecule is CC(Cl)C(=O)OC12CC3CC(C1)C(=O)C(C3)C2. The van der Waals surface area contributed by atoms with Gasteiger partial charge in [0.2, 0.25) is 0 Å². The molecule has 0 radical (unpaired) electrons. The fourth-order valence-electron chi connectivity index (χ4n) is 4.09. The maximum absolute atomic E-state index is 12.0. The Balaban J connectivity index is 1.80. The summed E-state index contributed by atoms with van der Waals surface area (Å²) in [7, 11) is 0. The smallest absolute Gasteiger partial charge is 0.324 e. The summed E-state index contributed by atoms with van der Waals surface area (Å²) in [6.45, 7) is 1.63. The highest BCUT2D eigenvalue weighted by molar-refractivity contribution is 6.29. The predicted octanol–water partition coefficient (Wildman–Crippen LogP) is 2.30. The number of Topliss-reactive ketones (excluding diaryl/α,β-unsaturated/α-hetero) is 1. The van der Waals surface area contributed by atoms with Crippen LogP contribution < -0.4 is 0 Å². The van der Waals surface area contributed by atoms with Crippen molar-refractivity contribution in [1.82, 2.24) is 0 Å².